The quantitative estimate of drug-likeness (QED) is 0.827. The summed E-state index contributed by atoms with van der Waals surface area (Å²) in [5.74, 6) is -0.234. The van der Waals surface area contributed by atoms with Crippen LogP contribution in [0.1, 0.15) is 15.8 Å². The topological polar surface area (TPSA) is 38.3 Å². The molecule has 2 aromatic heterocycles. The molecule has 2 rings (SSSR count). The van der Waals surface area contributed by atoms with Crippen molar-refractivity contribution in [1.82, 2.24) is 5.32 Å². The highest BCUT2D eigenvalue weighted by Gasteiger charge is 2.15. The maximum atomic E-state index is 11.2. The Balaban J connectivity index is 2.01. The third-order valence-corrected chi connectivity index (χ3v) is 4.48. The predicted octanol–water partition coefficient (Wildman–Crippen LogP) is 2.86. The van der Waals surface area contributed by atoms with Gasteiger partial charge >= 0.3 is 5.97 Å². The van der Waals surface area contributed by atoms with E-state index in [-0.39, 0.29) is 18.6 Å². The van der Waals surface area contributed by atoms with Crippen LogP contribution in [0.25, 0.3) is 0 Å². The third kappa shape index (κ3) is 3.66. The lowest BCUT2D eigenvalue weighted by atomic mass is 10.1. The zero-order valence-corrected chi connectivity index (χ0v) is 11.7. The summed E-state index contributed by atoms with van der Waals surface area (Å²) in [4.78, 5) is 13.8. The van der Waals surface area contributed by atoms with Gasteiger partial charge in [-0.25, -0.2) is 0 Å². The van der Waals surface area contributed by atoms with Gasteiger partial charge in [-0.05, 0) is 22.9 Å². The lowest BCUT2D eigenvalue weighted by Gasteiger charge is -2.15. The molecule has 0 spiro atoms. The van der Waals surface area contributed by atoms with E-state index in [0.29, 0.717) is 0 Å². The predicted molar refractivity (Wildman–Crippen MR) is 75.1 cm³/mol. The Morgan fingerprint density at radius 2 is 2.11 bits per heavy atom. The summed E-state index contributed by atoms with van der Waals surface area (Å²) < 4.78 is 4.66. The lowest BCUT2D eigenvalue weighted by molar-refractivity contribution is -0.139. The Morgan fingerprint density at radius 1 is 1.33 bits per heavy atom. The second-order valence-electron chi connectivity index (χ2n) is 3.81. The van der Waals surface area contributed by atoms with Crippen molar-refractivity contribution in [3.05, 3.63) is 44.8 Å². The highest BCUT2D eigenvalue weighted by molar-refractivity contribution is 7.10. The van der Waals surface area contributed by atoms with E-state index in [1.54, 1.807) is 22.7 Å². The Labute approximate surface area is 114 Å². The molecule has 0 fully saturated rings. The number of rotatable bonds is 6. The third-order valence-electron chi connectivity index (χ3n) is 2.59. The molecule has 18 heavy (non-hydrogen) atoms. The first-order chi connectivity index (χ1) is 8.79. The molecule has 96 valence electrons. The molecule has 0 aliphatic carbocycles. The summed E-state index contributed by atoms with van der Waals surface area (Å²) in [7, 11) is 1.41. The van der Waals surface area contributed by atoms with Gasteiger partial charge in [-0.3, -0.25) is 10.1 Å². The van der Waals surface area contributed by atoms with E-state index in [2.05, 4.69) is 32.9 Å². The molecule has 3 nitrogen and oxygen atoms in total. The first-order valence-corrected chi connectivity index (χ1v) is 7.41. The van der Waals surface area contributed by atoms with E-state index in [9.17, 15) is 4.79 Å². The van der Waals surface area contributed by atoms with Crippen LogP contribution in [0.4, 0.5) is 0 Å². The minimum absolute atomic E-state index is 0.169. The highest BCUT2D eigenvalue weighted by atomic mass is 32.1. The molecule has 2 aromatic rings. The Bertz CT molecular complexity index is 465. The van der Waals surface area contributed by atoms with Gasteiger partial charge < -0.3 is 4.74 Å². The number of hydrogen-bond donors (Lipinski definition) is 1. The van der Waals surface area contributed by atoms with Crippen molar-refractivity contribution in [2.75, 3.05) is 13.7 Å². The average Bonchev–Trinajstić information content (AvgIpc) is 3.06. The van der Waals surface area contributed by atoms with Crippen LogP contribution >= 0.6 is 22.7 Å². The van der Waals surface area contributed by atoms with Gasteiger partial charge in [0.1, 0.15) is 0 Å². The van der Waals surface area contributed by atoms with Crippen LogP contribution < -0.4 is 5.32 Å². The molecular weight excluding hydrogens is 266 g/mol. The molecule has 0 amide bonds. The summed E-state index contributed by atoms with van der Waals surface area (Å²) in [6.07, 6.45) is 0.898. The fourth-order valence-corrected chi connectivity index (χ4v) is 3.23. The van der Waals surface area contributed by atoms with Crippen molar-refractivity contribution in [3.63, 3.8) is 0 Å². The Hall–Kier alpha value is -1.17. The molecule has 5 heteroatoms. The number of carbonyl (C=O) groups is 1. The second kappa shape index (κ2) is 6.68. The number of hydrogen-bond acceptors (Lipinski definition) is 5. The highest BCUT2D eigenvalue weighted by Crippen LogP contribution is 2.24. The molecule has 0 saturated heterocycles. The largest absolute Gasteiger partial charge is 0.468 e. The van der Waals surface area contributed by atoms with Gasteiger partial charge in [-0.15, -0.1) is 22.7 Å². The van der Waals surface area contributed by atoms with Crippen LogP contribution in [0.15, 0.2) is 35.0 Å². The van der Waals surface area contributed by atoms with Crippen LogP contribution in [0.3, 0.4) is 0 Å². The lowest BCUT2D eigenvalue weighted by Crippen LogP contribution is -2.29. The molecular formula is C13H15NO2S2. The van der Waals surface area contributed by atoms with Crippen LogP contribution in [-0.2, 0) is 16.0 Å². The van der Waals surface area contributed by atoms with Crippen molar-refractivity contribution < 1.29 is 9.53 Å². The first-order valence-electron chi connectivity index (χ1n) is 5.65. The fourth-order valence-electron chi connectivity index (χ4n) is 1.67. The van der Waals surface area contributed by atoms with Crippen LogP contribution in [0, 0.1) is 0 Å². The molecule has 0 bridgehead atoms. The summed E-state index contributed by atoms with van der Waals surface area (Å²) in [6.45, 7) is 0.241. The molecule has 1 atom stereocenters. The molecule has 1 unspecified atom stereocenters. The van der Waals surface area contributed by atoms with E-state index in [1.807, 2.05) is 12.1 Å². The van der Waals surface area contributed by atoms with Crippen LogP contribution in [-0.4, -0.2) is 19.6 Å². The summed E-state index contributed by atoms with van der Waals surface area (Å²) in [6, 6.07) is 8.45. The van der Waals surface area contributed by atoms with Crippen LogP contribution in [0.2, 0.25) is 0 Å². The number of carbonyl (C=O) groups excluding carboxylic acids is 1. The smallest absolute Gasteiger partial charge is 0.319 e. The molecule has 0 saturated carbocycles. The summed E-state index contributed by atoms with van der Waals surface area (Å²) in [5.41, 5.74) is 0. The van der Waals surface area contributed by atoms with E-state index >= 15 is 0 Å². The van der Waals surface area contributed by atoms with Gasteiger partial charge in [0.05, 0.1) is 13.7 Å². The zero-order chi connectivity index (χ0) is 12.8. The zero-order valence-electron chi connectivity index (χ0n) is 10.1. The van der Waals surface area contributed by atoms with Crippen LogP contribution in [0.5, 0.6) is 0 Å². The molecule has 0 aromatic carbocycles. The SMILES string of the molecule is COC(=O)CNC(Cc1cccs1)c1cccs1. The maximum absolute atomic E-state index is 11.2. The van der Waals surface area contributed by atoms with Gasteiger partial charge in [0.15, 0.2) is 0 Å². The van der Waals surface area contributed by atoms with E-state index in [1.165, 1.54) is 16.9 Å². The van der Waals surface area contributed by atoms with Crippen molar-refractivity contribution in [3.8, 4) is 0 Å². The van der Waals surface area contributed by atoms with E-state index < -0.39 is 0 Å². The van der Waals surface area contributed by atoms with Crippen molar-refractivity contribution in [2.45, 2.75) is 12.5 Å². The number of esters is 1. The first kappa shape index (κ1) is 13.3. The van der Waals surface area contributed by atoms with Gasteiger partial charge in [0, 0.05) is 22.2 Å². The fraction of sp³-hybridized carbons (Fsp3) is 0.308. The van der Waals surface area contributed by atoms with Crippen molar-refractivity contribution in [1.29, 1.82) is 0 Å². The average molecular weight is 281 g/mol. The normalized spacial score (nSPS) is 12.3. The Morgan fingerprint density at radius 3 is 2.72 bits per heavy atom. The van der Waals surface area contributed by atoms with Gasteiger partial charge in [0.2, 0.25) is 0 Å². The summed E-state index contributed by atoms with van der Waals surface area (Å²) >= 11 is 3.44. The molecule has 0 aliphatic heterocycles. The van der Waals surface area contributed by atoms with Crippen molar-refractivity contribution in [2.24, 2.45) is 0 Å². The van der Waals surface area contributed by atoms with Crippen molar-refractivity contribution >= 4 is 28.6 Å². The second-order valence-corrected chi connectivity index (χ2v) is 5.82. The number of nitrogens with one attached hydrogen (secondary N) is 1. The number of methoxy groups -OCH3 is 1. The molecule has 0 aliphatic rings. The van der Waals surface area contributed by atoms with Gasteiger partial charge in [-0.2, -0.15) is 0 Å². The number of ether oxygens (including phenoxy) is 1. The van der Waals surface area contributed by atoms with E-state index in [0.717, 1.165) is 6.42 Å². The molecule has 2 heterocycles. The minimum Gasteiger partial charge on any atom is -0.468 e. The monoisotopic (exact) mass is 281 g/mol. The standard InChI is InChI=1S/C13H15NO2S2/c1-16-13(15)9-14-11(12-5-3-7-18-12)8-10-4-2-6-17-10/h2-7,11,14H,8-9H2,1H3. The van der Waals surface area contributed by atoms with E-state index in [4.69, 9.17) is 0 Å². The maximum Gasteiger partial charge on any atom is 0.319 e. The van der Waals surface area contributed by atoms with Gasteiger partial charge in [-0.1, -0.05) is 12.1 Å². The summed E-state index contributed by atoms with van der Waals surface area (Å²) in [5, 5.41) is 7.38. The Kier molecular flexibility index (Phi) is 4.92. The number of thiophene rings is 2. The minimum atomic E-state index is -0.234. The van der Waals surface area contributed by atoms with Gasteiger partial charge in [0.25, 0.3) is 0 Å². The molecule has 1 N–H and O–H groups in total. The molecule has 0 radical (unpaired) electrons.